The minimum Gasteiger partial charge on any atom is -0.398 e. The van der Waals surface area contributed by atoms with E-state index in [1.165, 1.54) is 6.21 Å². The largest absolute Gasteiger partial charge is 0.398 e. The lowest BCUT2D eigenvalue weighted by Gasteiger charge is -2.06. The van der Waals surface area contributed by atoms with Crippen LogP contribution in [-0.4, -0.2) is 11.9 Å². The summed E-state index contributed by atoms with van der Waals surface area (Å²) in [5.41, 5.74) is 7.96. The van der Waals surface area contributed by atoms with Crippen LogP contribution in [0.15, 0.2) is 24.3 Å². The number of hydrogen-bond donors (Lipinski definition) is 3. The smallest absolute Gasteiger partial charge is 0.0406 e. The highest BCUT2D eigenvalue weighted by atomic mass is 14.6. The van der Waals surface area contributed by atoms with Gasteiger partial charge in [-0.05, 0) is 38.0 Å². The zero-order chi connectivity index (χ0) is 11.8. The van der Waals surface area contributed by atoms with E-state index in [1.807, 2.05) is 24.3 Å². The summed E-state index contributed by atoms with van der Waals surface area (Å²) in [5.74, 6) is 0. The Balaban J connectivity index is 2.36. The molecule has 0 aliphatic carbocycles. The summed E-state index contributed by atoms with van der Waals surface area (Å²) in [5, 5.41) is 14.8. The highest BCUT2D eigenvalue weighted by Gasteiger charge is 2.04. The summed E-state index contributed by atoms with van der Waals surface area (Å²) in [6, 6.07) is 7.53. The SMILES string of the molecule is N=CCCCCCC(=N)c1ccccc1N. The number of nitrogens with two attached hydrogens (primary N) is 1. The van der Waals surface area contributed by atoms with Crippen LogP contribution in [0, 0.1) is 10.8 Å². The Labute approximate surface area is 96.7 Å². The van der Waals surface area contributed by atoms with Crippen LogP contribution < -0.4 is 5.73 Å². The van der Waals surface area contributed by atoms with Crippen LogP contribution in [0.5, 0.6) is 0 Å². The first-order valence-electron chi connectivity index (χ1n) is 5.67. The number of para-hydroxylation sites is 1. The highest BCUT2D eigenvalue weighted by Crippen LogP contribution is 2.14. The fourth-order valence-electron chi connectivity index (χ4n) is 1.63. The number of anilines is 1. The molecule has 4 N–H and O–H groups in total. The molecule has 1 aromatic carbocycles. The highest BCUT2D eigenvalue weighted by molar-refractivity contribution is 6.02. The van der Waals surface area contributed by atoms with Crippen LogP contribution in [0.2, 0.25) is 0 Å². The quantitative estimate of drug-likeness (QED) is 0.366. The summed E-state index contributed by atoms with van der Waals surface area (Å²) >= 11 is 0. The molecule has 0 fully saturated rings. The van der Waals surface area contributed by atoms with Crippen molar-refractivity contribution in [3.8, 4) is 0 Å². The average molecular weight is 217 g/mol. The van der Waals surface area contributed by atoms with Gasteiger partial charge in [-0.1, -0.05) is 24.6 Å². The number of unbranched alkanes of at least 4 members (excludes halogenated alkanes) is 3. The Morgan fingerprint density at radius 3 is 2.62 bits per heavy atom. The zero-order valence-electron chi connectivity index (χ0n) is 9.50. The number of benzene rings is 1. The molecular weight excluding hydrogens is 198 g/mol. The van der Waals surface area contributed by atoms with Gasteiger partial charge in [-0.25, -0.2) is 0 Å². The van der Waals surface area contributed by atoms with Gasteiger partial charge in [0.2, 0.25) is 0 Å². The lowest BCUT2D eigenvalue weighted by molar-refractivity contribution is 0.719. The first-order valence-corrected chi connectivity index (χ1v) is 5.67. The van der Waals surface area contributed by atoms with Gasteiger partial charge < -0.3 is 16.6 Å². The zero-order valence-corrected chi connectivity index (χ0v) is 9.50. The van der Waals surface area contributed by atoms with E-state index in [1.54, 1.807) is 0 Å². The molecule has 0 heterocycles. The molecule has 0 amide bonds. The Kier molecular flexibility index (Phi) is 5.26. The Morgan fingerprint density at radius 2 is 1.94 bits per heavy atom. The van der Waals surface area contributed by atoms with Crippen molar-refractivity contribution in [2.45, 2.75) is 32.1 Å². The molecule has 3 heteroatoms. The Hall–Kier alpha value is -1.64. The topological polar surface area (TPSA) is 73.7 Å². The van der Waals surface area contributed by atoms with Crippen LogP contribution in [0.25, 0.3) is 0 Å². The third-order valence-corrected chi connectivity index (χ3v) is 2.56. The Morgan fingerprint density at radius 1 is 1.19 bits per heavy atom. The van der Waals surface area contributed by atoms with E-state index in [0.29, 0.717) is 11.4 Å². The van der Waals surface area contributed by atoms with Gasteiger partial charge in [0.05, 0.1) is 0 Å². The molecule has 0 bridgehead atoms. The molecule has 0 aliphatic rings. The monoisotopic (exact) mass is 217 g/mol. The average Bonchev–Trinajstić information content (AvgIpc) is 2.29. The van der Waals surface area contributed by atoms with Crippen molar-refractivity contribution in [2.75, 3.05) is 5.73 Å². The second kappa shape index (κ2) is 6.77. The maximum absolute atomic E-state index is 7.93. The van der Waals surface area contributed by atoms with Gasteiger partial charge in [-0.2, -0.15) is 0 Å². The minimum absolute atomic E-state index is 0.618. The summed E-state index contributed by atoms with van der Waals surface area (Å²) in [4.78, 5) is 0. The minimum atomic E-state index is 0.618. The predicted molar refractivity (Wildman–Crippen MR) is 69.6 cm³/mol. The van der Waals surface area contributed by atoms with Crippen LogP contribution in [0.3, 0.4) is 0 Å². The van der Waals surface area contributed by atoms with E-state index in [-0.39, 0.29) is 0 Å². The molecular formula is C13H19N3. The molecule has 0 aromatic heterocycles. The lowest BCUT2D eigenvalue weighted by atomic mass is 10.0. The molecule has 0 radical (unpaired) electrons. The van der Waals surface area contributed by atoms with E-state index in [9.17, 15) is 0 Å². The molecule has 86 valence electrons. The summed E-state index contributed by atoms with van der Waals surface area (Å²) in [6.45, 7) is 0. The molecule has 0 saturated heterocycles. The van der Waals surface area contributed by atoms with Crippen molar-refractivity contribution in [1.29, 1.82) is 10.8 Å². The maximum Gasteiger partial charge on any atom is 0.0406 e. The van der Waals surface area contributed by atoms with Gasteiger partial charge in [0.25, 0.3) is 0 Å². The number of rotatable bonds is 7. The molecule has 0 atom stereocenters. The number of nitrogen functional groups attached to an aromatic ring is 1. The predicted octanol–water partition coefficient (Wildman–Crippen LogP) is 3.24. The summed E-state index contributed by atoms with van der Waals surface area (Å²) in [7, 11) is 0. The van der Waals surface area contributed by atoms with Crippen molar-refractivity contribution in [3.63, 3.8) is 0 Å². The van der Waals surface area contributed by atoms with Crippen molar-refractivity contribution >= 4 is 17.6 Å². The van der Waals surface area contributed by atoms with Gasteiger partial charge in [0, 0.05) is 17.0 Å². The first-order chi connectivity index (χ1) is 7.75. The van der Waals surface area contributed by atoms with Crippen LogP contribution in [0.4, 0.5) is 5.69 Å². The molecule has 16 heavy (non-hydrogen) atoms. The van der Waals surface area contributed by atoms with Crippen molar-refractivity contribution in [2.24, 2.45) is 0 Å². The van der Waals surface area contributed by atoms with Gasteiger partial charge in [0.1, 0.15) is 0 Å². The van der Waals surface area contributed by atoms with Gasteiger partial charge in [-0.3, -0.25) is 0 Å². The fourth-order valence-corrected chi connectivity index (χ4v) is 1.63. The van der Waals surface area contributed by atoms with Crippen LogP contribution in [-0.2, 0) is 0 Å². The molecule has 0 saturated carbocycles. The van der Waals surface area contributed by atoms with E-state index >= 15 is 0 Å². The van der Waals surface area contributed by atoms with E-state index in [2.05, 4.69) is 0 Å². The first kappa shape index (κ1) is 12.4. The fraction of sp³-hybridized carbons (Fsp3) is 0.385. The van der Waals surface area contributed by atoms with Crippen molar-refractivity contribution in [3.05, 3.63) is 29.8 Å². The van der Waals surface area contributed by atoms with Crippen LogP contribution in [0.1, 0.15) is 37.7 Å². The number of hydrogen-bond acceptors (Lipinski definition) is 3. The van der Waals surface area contributed by atoms with Gasteiger partial charge >= 0.3 is 0 Å². The summed E-state index contributed by atoms with van der Waals surface area (Å²) in [6.07, 6.45) is 6.18. The lowest BCUT2D eigenvalue weighted by Crippen LogP contribution is -2.03. The molecule has 1 rings (SSSR count). The van der Waals surface area contributed by atoms with Crippen LogP contribution >= 0.6 is 0 Å². The standard InChI is InChI=1S/C13H19N3/c14-10-6-2-1-3-8-12(15)11-7-4-5-9-13(11)16/h4-5,7,9-10,14-15H,1-3,6,8,16H2. The maximum atomic E-state index is 7.93. The van der Waals surface area contributed by atoms with Gasteiger partial charge in [0.15, 0.2) is 0 Å². The van der Waals surface area contributed by atoms with Crippen molar-refractivity contribution in [1.82, 2.24) is 0 Å². The number of nitrogens with one attached hydrogen (secondary N) is 2. The second-order valence-corrected chi connectivity index (χ2v) is 3.87. The second-order valence-electron chi connectivity index (χ2n) is 3.87. The molecule has 0 spiro atoms. The molecule has 3 nitrogen and oxygen atoms in total. The van der Waals surface area contributed by atoms with E-state index in [4.69, 9.17) is 16.6 Å². The molecule has 0 unspecified atom stereocenters. The summed E-state index contributed by atoms with van der Waals surface area (Å²) < 4.78 is 0. The molecule has 0 aliphatic heterocycles. The Bertz CT molecular complexity index is 358. The normalized spacial score (nSPS) is 10.0. The third kappa shape index (κ3) is 3.85. The third-order valence-electron chi connectivity index (χ3n) is 2.56. The van der Waals surface area contributed by atoms with Crippen molar-refractivity contribution < 1.29 is 0 Å². The van der Waals surface area contributed by atoms with E-state index in [0.717, 1.165) is 37.7 Å². The van der Waals surface area contributed by atoms with E-state index < -0.39 is 0 Å². The molecule has 1 aromatic rings. The van der Waals surface area contributed by atoms with Gasteiger partial charge in [-0.15, -0.1) is 0 Å².